The van der Waals surface area contributed by atoms with Gasteiger partial charge in [0.05, 0.1) is 51.1 Å². The number of rotatable bonds is 32. The Labute approximate surface area is 450 Å². The number of amides is 3. The third-order valence-corrected chi connectivity index (χ3v) is 14.1. The summed E-state index contributed by atoms with van der Waals surface area (Å²) >= 11 is 0. The molecule has 2 unspecified atom stereocenters. The van der Waals surface area contributed by atoms with E-state index in [1.54, 1.807) is 53.7 Å². The Balaban J connectivity index is 1.40. The number of aliphatic imine (C=N–C) groups is 1. The molecule has 2 aromatic carbocycles. The van der Waals surface area contributed by atoms with Crippen LogP contribution in [0.25, 0.3) is 21.4 Å². The number of ketones is 2. The van der Waals surface area contributed by atoms with Crippen molar-refractivity contribution in [2.24, 2.45) is 27.7 Å². The summed E-state index contributed by atoms with van der Waals surface area (Å²) in [6.07, 6.45) is 0.911. The van der Waals surface area contributed by atoms with Crippen LogP contribution < -0.4 is 36.8 Å². The maximum atomic E-state index is 13.8. The number of alkyl carbamates (subject to hydrolysis) is 1. The molecule has 1 aromatic heterocycles. The average Bonchev–Trinajstić information content (AvgIpc) is 3.71. The van der Waals surface area contributed by atoms with E-state index >= 15 is 0 Å². The van der Waals surface area contributed by atoms with E-state index in [1.165, 1.54) is 12.1 Å². The fraction of sp³-hybridized carbons (Fsp3) is 0.604. The number of aryl methyl sites for hydroxylation is 1. The molecule has 0 saturated heterocycles. The van der Waals surface area contributed by atoms with Gasteiger partial charge in [0.2, 0.25) is 17.8 Å². The summed E-state index contributed by atoms with van der Waals surface area (Å²) in [6.45, 7) is 17.5. The number of azide groups is 1. The Hall–Kier alpha value is -6.59. The van der Waals surface area contributed by atoms with Crippen LogP contribution in [0.15, 0.2) is 48.5 Å². The van der Waals surface area contributed by atoms with Crippen LogP contribution in [-0.2, 0) is 54.6 Å². The first-order chi connectivity index (χ1) is 36.3. The number of ether oxygens (including phenoxy) is 5. The Kier molecular flexibility index (Phi) is 24.4. The van der Waals surface area contributed by atoms with Crippen LogP contribution in [0.4, 0.5) is 10.5 Å². The SMILES string of the molecule is Cc1c(C)c(S(=O)(=O)NC(N)=NCCCC(CC(=O)CCOCCOCCOCCN=[N+]=[N-])C(=O)NCC(=O)CC(CCCCNC(=O)OC(C)(C)C)C(=O)Nc2ccc3c(C)cc(=O)oc3c2)c(C)c2c1OC(C)(C)C2. The van der Waals surface area contributed by atoms with Crippen LogP contribution in [0.2, 0.25) is 0 Å². The van der Waals surface area contributed by atoms with Crippen LogP contribution in [0.3, 0.4) is 0 Å². The van der Waals surface area contributed by atoms with Gasteiger partial charge in [0.15, 0.2) is 5.78 Å². The van der Waals surface area contributed by atoms with E-state index in [9.17, 15) is 37.2 Å². The number of unbranched alkanes of at least 4 members (excludes halogenated alkanes) is 1. The van der Waals surface area contributed by atoms with Crippen LogP contribution in [0, 0.1) is 39.5 Å². The topological polar surface area (TPSA) is 331 Å². The normalized spacial score (nSPS) is 13.9. The minimum Gasteiger partial charge on any atom is -0.487 e. The highest BCUT2D eigenvalue weighted by Gasteiger charge is 2.37. The summed E-state index contributed by atoms with van der Waals surface area (Å²) in [5.74, 6) is -3.30. The van der Waals surface area contributed by atoms with Crippen molar-refractivity contribution in [1.82, 2.24) is 15.4 Å². The second-order valence-corrected chi connectivity index (χ2v) is 22.2. The molecule has 424 valence electrons. The van der Waals surface area contributed by atoms with Crippen molar-refractivity contribution in [1.29, 1.82) is 0 Å². The number of nitrogens with two attached hydrogens (primary N) is 1. The number of benzene rings is 2. The summed E-state index contributed by atoms with van der Waals surface area (Å²) in [7, 11) is -4.18. The van der Waals surface area contributed by atoms with Gasteiger partial charge >= 0.3 is 11.7 Å². The van der Waals surface area contributed by atoms with Crippen LogP contribution in [0.1, 0.15) is 114 Å². The van der Waals surface area contributed by atoms with Crippen molar-refractivity contribution in [3.05, 3.63) is 72.9 Å². The van der Waals surface area contributed by atoms with E-state index in [0.29, 0.717) is 64.9 Å². The molecule has 2 atom stereocenters. The number of carbonyl (C=O) groups is 5. The highest BCUT2D eigenvalue weighted by atomic mass is 32.2. The largest absolute Gasteiger partial charge is 0.487 e. The summed E-state index contributed by atoms with van der Waals surface area (Å²) in [6, 6.07) is 6.26. The van der Waals surface area contributed by atoms with Crippen molar-refractivity contribution >= 4 is 62.1 Å². The van der Waals surface area contributed by atoms with Gasteiger partial charge in [-0.05, 0) is 128 Å². The first kappa shape index (κ1) is 62.9. The fourth-order valence-electron chi connectivity index (χ4n) is 8.66. The van der Waals surface area contributed by atoms with E-state index in [2.05, 4.69) is 35.7 Å². The molecule has 77 heavy (non-hydrogen) atoms. The van der Waals surface area contributed by atoms with E-state index in [4.69, 9.17) is 39.4 Å². The molecule has 1 aliphatic rings. The lowest BCUT2D eigenvalue weighted by molar-refractivity contribution is -0.132. The molecule has 24 heteroatoms. The molecule has 2 heterocycles. The minimum atomic E-state index is -4.18. The van der Waals surface area contributed by atoms with Crippen molar-refractivity contribution < 1.29 is 60.5 Å². The standard InChI is InChI=1S/C53H77N9O14S/c1-33-27-45(65)74-44-30-39(15-16-42(33)44)60-49(67)38(13-10-11-18-57-51(68)76-52(5,6)7)29-41(64)32-58-48(66)37(28-40(63)17-21-71-23-25-73-26-24-72-22-20-59-62-55)14-12-19-56-50(54)61-77(69,70)47-35(3)34(2)46-43(36(47)4)31-53(8,9)75-46/h15-16,27,30,37-38H,10-14,17-26,28-29,31-32H2,1-9H3,(H,57,68)(H,58,66)(H,60,67)(H3,54,56,61). The first-order valence-electron chi connectivity index (χ1n) is 25.8. The number of carbonyl (C=O) groups excluding carboxylic acids is 5. The molecule has 0 fully saturated rings. The molecule has 0 aliphatic carbocycles. The van der Waals surface area contributed by atoms with Gasteiger partial charge in [-0.25, -0.2) is 22.7 Å². The quantitative estimate of drug-likeness (QED) is 0.00851. The number of guanidine groups is 1. The molecule has 0 saturated carbocycles. The number of hydrogen-bond donors (Lipinski definition) is 5. The van der Waals surface area contributed by atoms with Crippen molar-refractivity contribution in [2.45, 2.75) is 136 Å². The Morgan fingerprint density at radius 2 is 1.48 bits per heavy atom. The van der Waals surface area contributed by atoms with Gasteiger partial charge in [-0.2, -0.15) is 0 Å². The Morgan fingerprint density at radius 1 is 0.831 bits per heavy atom. The fourth-order valence-corrected chi connectivity index (χ4v) is 10.2. The number of Topliss-reactive ketones (excluding diaryl/α,β-unsaturated/α-hetero) is 2. The van der Waals surface area contributed by atoms with Gasteiger partial charge in [-0.1, -0.05) is 11.5 Å². The molecule has 4 rings (SSSR count). The molecule has 23 nitrogen and oxygen atoms in total. The number of hydrogen-bond acceptors (Lipinski definition) is 16. The van der Waals surface area contributed by atoms with Gasteiger partial charge < -0.3 is 49.8 Å². The summed E-state index contributed by atoms with van der Waals surface area (Å²) in [5, 5.41) is 12.2. The van der Waals surface area contributed by atoms with E-state index < -0.39 is 68.9 Å². The van der Waals surface area contributed by atoms with Crippen molar-refractivity contribution in [3.63, 3.8) is 0 Å². The zero-order valence-corrected chi connectivity index (χ0v) is 46.7. The highest BCUT2D eigenvalue weighted by molar-refractivity contribution is 7.90. The predicted octanol–water partition coefficient (Wildman–Crippen LogP) is 6.46. The predicted molar refractivity (Wildman–Crippen MR) is 289 cm³/mol. The molecule has 0 radical (unpaired) electrons. The Morgan fingerprint density at radius 3 is 2.17 bits per heavy atom. The number of fused-ring (bicyclic) bond motifs is 2. The van der Waals surface area contributed by atoms with Gasteiger partial charge in [0.25, 0.3) is 10.0 Å². The van der Waals surface area contributed by atoms with Crippen LogP contribution in [0.5, 0.6) is 5.75 Å². The molecule has 1 aliphatic heterocycles. The van der Waals surface area contributed by atoms with Gasteiger partial charge in [-0.15, -0.1) is 0 Å². The molecular weight excluding hydrogens is 1020 g/mol. The maximum Gasteiger partial charge on any atom is 0.407 e. The lowest BCUT2D eigenvalue weighted by atomic mass is 9.93. The lowest BCUT2D eigenvalue weighted by Gasteiger charge is -2.20. The minimum absolute atomic E-state index is 0.0105. The third kappa shape index (κ3) is 21.0. The average molecular weight is 1100 g/mol. The second-order valence-electron chi connectivity index (χ2n) is 20.6. The summed E-state index contributed by atoms with van der Waals surface area (Å²) < 4.78 is 63.0. The third-order valence-electron chi connectivity index (χ3n) is 12.5. The zero-order chi connectivity index (χ0) is 56.9. The molecule has 3 aromatic rings. The van der Waals surface area contributed by atoms with Gasteiger partial charge in [0.1, 0.15) is 28.3 Å². The van der Waals surface area contributed by atoms with Crippen LogP contribution in [-0.4, -0.2) is 121 Å². The monoisotopic (exact) mass is 1100 g/mol. The van der Waals surface area contributed by atoms with E-state index in [-0.39, 0.29) is 113 Å². The molecule has 0 bridgehead atoms. The van der Waals surface area contributed by atoms with Crippen molar-refractivity contribution in [3.8, 4) is 5.75 Å². The number of nitrogens with zero attached hydrogens (tertiary/aromatic N) is 4. The molecular formula is C53H77N9O14S. The summed E-state index contributed by atoms with van der Waals surface area (Å²) in [4.78, 5) is 85.8. The number of anilines is 1. The van der Waals surface area contributed by atoms with Gasteiger partial charge in [0, 0.05) is 90.8 Å². The highest BCUT2D eigenvalue weighted by Crippen LogP contribution is 2.43. The van der Waals surface area contributed by atoms with E-state index in [1.807, 2.05) is 20.8 Å². The smallest absolute Gasteiger partial charge is 0.407 e. The maximum absolute atomic E-state index is 13.8. The second kappa shape index (κ2) is 29.8. The van der Waals surface area contributed by atoms with Crippen molar-refractivity contribution in [2.75, 3.05) is 71.1 Å². The van der Waals surface area contributed by atoms with E-state index in [0.717, 1.165) is 5.56 Å². The van der Waals surface area contributed by atoms with Gasteiger partial charge in [-0.3, -0.25) is 24.2 Å². The molecule has 3 amide bonds. The molecule has 0 spiro atoms. The number of nitrogens with one attached hydrogen (secondary N) is 4. The lowest BCUT2D eigenvalue weighted by Crippen LogP contribution is -2.38. The van der Waals surface area contributed by atoms with Crippen LogP contribution >= 0.6 is 0 Å². The molecule has 6 N–H and O–H groups in total. The number of sulfonamides is 1. The first-order valence-corrected chi connectivity index (χ1v) is 27.3. The zero-order valence-electron chi connectivity index (χ0n) is 45.9. The summed E-state index contributed by atoms with van der Waals surface area (Å²) in [5.41, 5.74) is 16.6. The Bertz CT molecular complexity index is 2820.